The molecule has 0 amide bonds. The molecule has 0 rings (SSSR count). The number of carbonyl (C=O) groups excluding carboxylic acids is 2. The van der Waals surface area contributed by atoms with Gasteiger partial charge in [-0.15, -0.1) is 0 Å². The molecule has 200 valence electrons. The van der Waals surface area contributed by atoms with E-state index in [9.17, 15) is 9.59 Å². The maximum atomic E-state index is 11.6. The van der Waals surface area contributed by atoms with E-state index in [2.05, 4.69) is 26.0 Å². The lowest BCUT2D eigenvalue weighted by atomic mass is 10.0. The number of unbranched alkanes of at least 4 members (excludes halogenated alkanes) is 16. The van der Waals surface area contributed by atoms with Gasteiger partial charge in [0.2, 0.25) is 0 Å². The number of esters is 2. The number of carbonyl (C=O) groups is 2. The first-order valence-corrected chi connectivity index (χ1v) is 14.7. The molecule has 0 heterocycles. The summed E-state index contributed by atoms with van der Waals surface area (Å²) in [6.45, 7) is 5.50. The second-order valence-electron chi connectivity index (χ2n) is 9.65. The van der Waals surface area contributed by atoms with Crippen LogP contribution in [0.15, 0.2) is 12.2 Å². The summed E-state index contributed by atoms with van der Waals surface area (Å²) in [5.41, 5.74) is 0. The van der Waals surface area contributed by atoms with Crippen molar-refractivity contribution < 1.29 is 19.1 Å². The molecule has 0 aliphatic rings. The van der Waals surface area contributed by atoms with Crippen LogP contribution in [0.2, 0.25) is 0 Å². The van der Waals surface area contributed by atoms with Crippen molar-refractivity contribution >= 4 is 11.9 Å². The van der Waals surface area contributed by atoms with Crippen LogP contribution in [0.4, 0.5) is 0 Å². The largest absolute Gasteiger partial charge is 0.466 e. The summed E-state index contributed by atoms with van der Waals surface area (Å²) in [5, 5.41) is 0. The molecule has 0 spiro atoms. The summed E-state index contributed by atoms with van der Waals surface area (Å²) in [7, 11) is 0. The summed E-state index contributed by atoms with van der Waals surface area (Å²) in [6.07, 6.45) is 29.2. The molecular weight excluding hydrogens is 424 g/mol. The lowest BCUT2D eigenvalue weighted by Crippen LogP contribution is -2.05. The minimum absolute atomic E-state index is 0.0129. The third-order valence-corrected chi connectivity index (χ3v) is 6.19. The first-order chi connectivity index (χ1) is 16.7. The number of hydrogen-bond donors (Lipinski definition) is 0. The molecular formula is C30H56O4. The average molecular weight is 481 g/mol. The fourth-order valence-electron chi connectivity index (χ4n) is 3.93. The van der Waals surface area contributed by atoms with Crippen LogP contribution in [0, 0.1) is 0 Å². The second kappa shape index (κ2) is 27.9. The van der Waals surface area contributed by atoms with Gasteiger partial charge in [-0.3, -0.25) is 9.59 Å². The highest BCUT2D eigenvalue weighted by atomic mass is 16.5. The molecule has 0 radical (unpaired) electrons. The number of hydrogen-bond acceptors (Lipinski definition) is 4. The van der Waals surface area contributed by atoms with Crippen LogP contribution in [0.1, 0.15) is 155 Å². The Morgan fingerprint density at radius 3 is 1.26 bits per heavy atom. The van der Waals surface area contributed by atoms with Crippen LogP contribution in [0.3, 0.4) is 0 Å². The molecule has 0 aliphatic carbocycles. The highest BCUT2D eigenvalue weighted by Crippen LogP contribution is 2.13. The van der Waals surface area contributed by atoms with Crippen molar-refractivity contribution in [2.24, 2.45) is 0 Å². The van der Waals surface area contributed by atoms with Gasteiger partial charge in [-0.2, -0.15) is 0 Å². The molecule has 0 N–H and O–H groups in total. The molecule has 0 atom stereocenters. The van der Waals surface area contributed by atoms with Crippen molar-refractivity contribution in [1.29, 1.82) is 0 Å². The third-order valence-electron chi connectivity index (χ3n) is 6.19. The van der Waals surface area contributed by atoms with E-state index < -0.39 is 0 Å². The Hall–Kier alpha value is -1.32. The zero-order valence-corrected chi connectivity index (χ0v) is 22.8. The van der Waals surface area contributed by atoms with Gasteiger partial charge in [0.15, 0.2) is 0 Å². The average Bonchev–Trinajstić information content (AvgIpc) is 2.83. The number of rotatable bonds is 26. The van der Waals surface area contributed by atoms with E-state index in [0.717, 1.165) is 70.6 Å². The van der Waals surface area contributed by atoms with Gasteiger partial charge in [0.1, 0.15) is 0 Å². The maximum Gasteiger partial charge on any atom is 0.305 e. The van der Waals surface area contributed by atoms with Crippen molar-refractivity contribution in [3.05, 3.63) is 12.2 Å². The number of allylic oxidation sites excluding steroid dienone is 2. The van der Waals surface area contributed by atoms with Crippen LogP contribution >= 0.6 is 0 Å². The SMILES string of the molecule is CCCCCOC(=O)CCCC/C=C/CCCCCCCCCCCCC(=O)OCCCCC. The van der Waals surface area contributed by atoms with Gasteiger partial charge in [-0.05, 0) is 51.4 Å². The van der Waals surface area contributed by atoms with Crippen LogP contribution in [0.25, 0.3) is 0 Å². The maximum absolute atomic E-state index is 11.6. The van der Waals surface area contributed by atoms with Gasteiger partial charge < -0.3 is 9.47 Å². The number of ether oxygens (including phenoxy) is 2. The van der Waals surface area contributed by atoms with Crippen LogP contribution in [0.5, 0.6) is 0 Å². The van der Waals surface area contributed by atoms with Crippen LogP contribution in [-0.4, -0.2) is 25.2 Å². The van der Waals surface area contributed by atoms with Gasteiger partial charge in [0, 0.05) is 12.8 Å². The van der Waals surface area contributed by atoms with Crippen LogP contribution < -0.4 is 0 Å². The lowest BCUT2D eigenvalue weighted by molar-refractivity contribution is -0.144. The summed E-state index contributed by atoms with van der Waals surface area (Å²) in [5.74, 6) is -0.0452. The predicted molar refractivity (Wildman–Crippen MR) is 144 cm³/mol. The summed E-state index contributed by atoms with van der Waals surface area (Å²) in [6, 6.07) is 0. The Bertz CT molecular complexity index is 472. The minimum Gasteiger partial charge on any atom is -0.466 e. The fraction of sp³-hybridized carbons (Fsp3) is 0.867. The Balaban J connectivity index is 3.22. The molecule has 0 saturated heterocycles. The first kappa shape index (κ1) is 32.7. The molecule has 0 fully saturated rings. The van der Waals surface area contributed by atoms with Crippen molar-refractivity contribution in [1.82, 2.24) is 0 Å². The quantitative estimate of drug-likeness (QED) is 0.0703. The molecule has 0 aliphatic heterocycles. The van der Waals surface area contributed by atoms with E-state index in [-0.39, 0.29) is 11.9 Å². The van der Waals surface area contributed by atoms with E-state index in [0.29, 0.717) is 26.1 Å². The second-order valence-corrected chi connectivity index (χ2v) is 9.65. The molecule has 0 bridgehead atoms. The van der Waals surface area contributed by atoms with E-state index in [1.54, 1.807) is 0 Å². The van der Waals surface area contributed by atoms with Gasteiger partial charge in [-0.25, -0.2) is 0 Å². The monoisotopic (exact) mass is 480 g/mol. The summed E-state index contributed by atoms with van der Waals surface area (Å²) < 4.78 is 10.5. The molecule has 0 unspecified atom stereocenters. The smallest absolute Gasteiger partial charge is 0.305 e. The molecule has 0 aromatic heterocycles. The topological polar surface area (TPSA) is 52.6 Å². The summed E-state index contributed by atoms with van der Waals surface area (Å²) in [4.78, 5) is 23.2. The van der Waals surface area contributed by atoms with Crippen LogP contribution in [-0.2, 0) is 19.1 Å². The Morgan fingerprint density at radius 1 is 0.471 bits per heavy atom. The van der Waals surface area contributed by atoms with E-state index in [1.165, 1.54) is 57.8 Å². The van der Waals surface area contributed by atoms with E-state index in [4.69, 9.17) is 9.47 Å². The Kier molecular flexibility index (Phi) is 26.8. The zero-order chi connectivity index (χ0) is 25.0. The van der Waals surface area contributed by atoms with E-state index >= 15 is 0 Å². The molecule has 4 heteroatoms. The first-order valence-electron chi connectivity index (χ1n) is 14.7. The highest BCUT2D eigenvalue weighted by molar-refractivity contribution is 5.69. The predicted octanol–water partition coefficient (Wildman–Crippen LogP) is 9.25. The molecule has 0 saturated carbocycles. The van der Waals surface area contributed by atoms with Gasteiger partial charge in [0.05, 0.1) is 13.2 Å². The van der Waals surface area contributed by atoms with Crippen molar-refractivity contribution in [2.75, 3.05) is 13.2 Å². The highest BCUT2D eigenvalue weighted by Gasteiger charge is 2.03. The molecule has 0 aromatic carbocycles. The normalized spacial score (nSPS) is 11.2. The van der Waals surface area contributed by atoms with E-state index in [1.807, 2.05) is 0 Å². The lowest BCUT2D eigenvalue weighted by Gasteiger charge is -2.04. The fourth-order valence-corrected chi connectivity index (χ4v) is 3.93. The Morgan fingerprint density at radius 2 is 0.824 bits per heavy atom. The molecule has 4 nitrogen and oxygen atoms in total. The summed E-state index contributed by atoms with van der Waals surface area (Å²) >= 11 is 0. The van der Waals surface area contributed by atoms with Crippen molar-refractivity contribution in [3.8, 4) is 0 Å². The standard InChI is InChI=1S/C30H56O4/c1-3-5-23-27-33-29(31)25-21-19-17-15-13-11-9-7-8-10-12-14-16-18-20-22-26-30(32)34-28-24-6-4-2/h13,15H,3-12,14,16-28H2,1-2H3/b15-13+. The molecule has 0 aromatic rings. The van der Waals surface area contributed by atoms with Crippen molar-refractivity contribution in [3.63, 3.8) is 0 Å². The van der Waals surface area contributed by atoms with Crippen molar-refractivity contribution in [2.45, 2.75) is 155 Å². The zero-order valence-electron chi connectivity index (χ0n) is 22.8. The molecule has 34 heavy (non-hydrogen) atoms. The van der Waals surface area contributed by atoms with Gasteiger partial charge in [0.25, 0.3) is 0 Å². The van der Waals surface area contributed by atoms with Gasteiger partial charge in [-0.1, -0.05) is 103 Å². The minimum atomic E-state index is -0.0322. The third kappa shape index (κ3) is 26.9. The van der Waals surface area contributed by atoms with Gasteiger partial charge >= 0.3 is 11.9 Å². The Labute approximate surface area is 211 Å².